The summed E-state index contributed by atoms with van der Waals surface area (Å²) in [5.41, 5.74) is 3.38. The van der Waals surface area contributed by atoms with E-state index < -0.39 is 6.09 Å². The molecule has 3 amide bonds. The normalized spacial score (nSPS) is 15.8. The third kappa shape index (κ3) is 6.79. The van der Waals surface area contributed by atoms with E-state index in [2.05, 4.69) is 15.5 Å². The third-order valence-corrected chi connectivity index (χ3v) is 7.24. The smallest absolute Gasteiger partial charge is 0.412 e. The highest BCUT2D eigenvalue weighted by molar-refractivity contribution is 5.99. The third-order valence-electron chi connectivity index (χ3n) is 7.24. The maximum absolute atomic E-state index is 13.2. The number of rotatable bonds is 6. The van der Waals surface area contributed by atoms with E-state index in [1.807, 2.05) is 82.6 Å². The minimum atomic E-state index is -0.590. The zero-order valence-electron chi connectivity index (χ0n) is 22.6. The Hall–Kier alpha value is -4.37. The Labute approximate surface area is 234 Å². The van der Waals surface area contributed by atoms with Crippen molar-refractivity contribution in [3.63, 3.8) is 0 Å². The Morgan fingerprint density at radius 1 is 0.725 bits per heavy atom. The molecule has 5 rings (SSSR count). The summed E-state index contributed by atoms with van der Waals surface area (Å²) < 4.78 is 5.49. The standard InChI is InChI=1S/C31H35N5O4/c37-29(25-10-5-2-6-11-25)35-17-7-16-34(20-21-35)28-13-12-26(30(38)36-18-14-32-15-19-36)22-27(28)33-31(39)40-23-24-8-3-1-4-9-24/h1-6,8-13,22,32H,7,14-21,23H2,(H,33,39). The summed E-state index contributed by atoms with van der Waals surface area (Å²) in [6.07, 6.45) is 0.186. The number of piperazine rings is 1. The monoisotopic (exact) mass is 541 g/mol. The fourth-order valence-electron chi connectivity index (χ4n) is 5.09. The van der Waals surface area contributed by atoms with Crippen LogP contribution >= 0.6 is 0 Å². The molecular weight excluding hydrogens is 506 g/mol. The molecule has 9 nitrogen and oxygen atoms in total. The molecule has 2 aliphatic heterocycles. The number of hydrogen-bond acceptors (Lipinski definition) is 6. The molecule has 208 valence electrons. The van der Waals surface area contributed by atoms with Crippen LogP contribution < -0.4 is 15.5 Å². The lowest BCUT2D eigenvalue weighted by Gasteiger charge is -2.29. The number of carbonyl (C=O) groups excluding carboxylic acids is 3. The predicted molar refractivity (Wildman–Crippen MR) is 155 cm³/mol. The lowest BCUT2D eigenvalue weighted by Crippen LogP contribution is -2.46. The molecule has 9 heteroatoms. The number of amides is 3. The number of nitrogens with zero attached hydrogens (tertiary/aromatic N) is 3. The molecule has 2 fully saturated rings. The van der Waals surface area contributed by atoms with E-state index in [4.69, 9.17) is 4.74 Å². The Balaban J connectivity index is 1.33. The van der Waals surface area contributed by atoms with E-state index in [1.54, 1.807) is 6.07 Å². The largest absolute Gasteiger partial charge is 0.444 e. The van der Waals surface area contributed by atoms with Crippen LogP contribution in [0.1, 0.15) is 32.7 Å². The second kappa shape index (κ2) is 13.1. The van der Waals surface area contributed by atoms with Crippen LogP contribution in [0.2, 0.25) is 0 Å². The molecule has 2 saturated heterocycles. The Bertz CT molecular complexity index is 1310. The second-order valence-electron chi connectivity index (χ2n) is 9.96. The number of hydrogen-bond donors (Lipinski definition) is 2. The van der Waals surface area contributed by atoms with Crippen LogP contribution in [-0.2, 0) is 11.3 Å². The van der Waals surface area contributed by atoms with Crippen LogP contribution in [-0.4, -0.2) is 80.1 Å². The quantitative estimate of drug-likeness (QED) is 0.493. The summed E-state index contributed by atoms with van der Waals surface area (Å²) in [7, 11) is 0. The highest BCUT2D eigenvalue weighted by Crippen LogP contribution is 2.29. The van der Waals surface area contributed by atoms with Gasteiger partial charge in [0.2, 0.25) is 0 Å². The predicted octanol–water partition coefficient (Wildman–Crippen LogP) is 3.83. The molecule has 0 radical (unpaired) electrons. The van der Waals surface area contributed by atoms with E-state index >= 15 is 0 Å². The van der Waals surface area contributed by atoms with E-state index in [1.165, 1.54) is 0 Å². The summed E-state index contributed by atoms with van der Waals surface area (Å²) in [5, 5.41) is 6.15. The molecule has 0 aromatic heterocycles. The first-order chi connectivity index (χ1) is 19.6. The molecule has 3 aromatic carbocycles. The van der Waals surface area contributed by atoms with E-state index in [0.29, 0.717) is 56.1 Å². The summed E-state index contributed by atoms with van der Waals surface area (Å²) >= 11 is 0. The number of carbonyl (C=O) groups is 3. The summed E-state index contributed by atoms with van der Waals surface area (Å²) in [4.78, 5) is 45.0. The second-order valence-corrected chi connectivity index (χ2v) is 9.96. The van der Waals surface area contributed by atoms with Crippen molar-refractivity contribution >= 4 is 29.3 Å². The van der Waals surface area contributed by atoms with Crippen LogP contribution in [0.4, 0.5) is 16.2 Å². The van der Waals surface area contributed by atoms with Crippen molar-refractivity contribution in [3.8, 4) is 0 Å². The van der Waals surface area contributed by atoms with Gasteiger partial charge in [0.05, 0.1) is 11.4 Å². The average Bonchev–Trinajstić information content (AvgIpc) is 3.27. The zero-order valence-corrected chi connectivity index (χ0v) is 22.6. The van der Waals surface area contributed by atoms with Gasteiger partial charge in [-0.25, -0.2) is 4.79 Å². The van der Waals surface area contributed by atoms with Gasteiger partial charge >= 0.3 is 6.09 Å². The van der Waals surface area contributed by atoms with Crippen LogP contribution in [0.25, 0.3) is 0 Å². The fraction of sp³-hybridized carbons (Fsp3) is 0.323. The van der Waals surface area contributed by atoms with Crippen molar-refractivity contribution in [3.05, 3.63) is 95.6 Å². The fourth-order valence-corrected chi connectivity index (χ4v) is 5.09. The zero-order chi connectivity index (χ0) is 27.7. The topological polar surface area (TPSA) is 94.2 Å². The highest BCUT2D eigenvalue weighted by Gasteiger charge is 2.24. The van der Waals surface area contributed by atoms with Gasteiger partial charge in [-0.3, -0.25) is 14.9 Å². The molecule has 0 atom stereocenters. The number of nitrogens with one attached hydrogen (secondary N) is 2. The van der Waals surface area contributed by atoms with E-state index in [0.717, 1.165) is 30.8 Å². The van der Waals surface area contributed by atoms with Crippen LogP contribution in [0.5, 0.6) is 0 Å². The number of benzene rings is 3. The van der Waals surface area contributed by atoms with Gasteiger partial charge in [0.1, 0.15) is 6.61 Å². The van der Waals surface area contributed by atoms with Crippen molar-refractivity contribution in [2.75, 3.05) is 62.6 Å². The van der Waals surface area contributed by atoms with Crippen molar-refractivity contribution in [1.29, 1.82) is 0 Å². The van der Waals surface area contributed by atoms with Gasteiger partial charge < -0.3 is 24.8 Å². The maximum atomic E-state index is 13.2. The first-order valence-corrected chi connectivity index (χ1v) is 13.8. The summed E-state index contributed by atoms with van der Waals surface area (Å²) in [5.74, 6) is -0.0495. The van der Waals surface area contributed by atoms with Crippen molar-refractivity contribution in [2.24, 2.45) is 0 Å². The number of ether oxygens (including phenoxy) is 1. The van der Waals surface area contributed by atoms with Gasteiger partial charge in [-0.2, -0.15) is 0 Å². The summed E-state index contributed by atoms with van der Waals surface area (Å²) in [6, 6.07) is 24.2. The van der Waals surface area contributed by atoms with E-state index in [-0.39, 0.29) is 18.4 Å². The Kier molecular flexibility index (Phi) is 8.93. The molecular formula is C31H35N5O4. The molecule has 2 aliphatic rings. The first-order valence-electron chi connectivity index (χ1n) is 13.8. The molecule has 0 unspecified atom stereocenters. The minimum Gasteiger partial charge on any atom is -0.444 e. The highest BCUT2D eigenvalue weighted by atomic mass is 16.5. The summed E-state index contributed by atoms with van der Waals surface area (Å²) in [6.45, 7) is 5.43. The van der Waals surface area contributed by atoms with Crippen LogP contribution in [0.3, 0.4) is 0 Å². The molecule has 0 spiro atoms. The minimum absolute atomic E-state index is 0.0160. The molecule has 0 saturated carbocycles. The van der Waals surface area contributed by atoms with Gasteiger partial charge in [0.15, 0.2) is 0 Å². The maximum Gasteiger partial charge on any atom is 0.412 e. The van der Waals surface area contributed by atoms with Gasteiger partial charge in [0, 0.05) is 63.5 Å². The molecule has 3 aromatic rings. The number of anilines is 2. The average molecular weight is 542 g/mol. The van der Waals surface area contributed by atoms with Gasteiger partial charge in [-0.05, 0) is 42.3 Å². The molecule has 0 aliphatic carbocycles. The molecule has 2 N–H and O–H groups in total. The van der Waals surface area contributed by atoms with E-state index in [9.17, 15) is 14.4 Å². The molecule has 2 heterocycles. The lowest BCUT2D eigenvalue weighted by atomic mass is 10.1. The molecule has 40 heavy (non-hydrogen) atoms. The van der Waals surface area contributed by atoms with Crippen LogP contribution in [0.15, 0.2) is 78.9 Å². The first kappa shape index (κ1) is 27.2. The van der Waals surface area contributed by atoms with Gasteiger partial charge in [-0.1, -0.05) is 48.5 Å². The van der Waals surface area contributed by atoms with Gasteiger partial charge in [0.25, 0.3) is 11.8 Å². The Morgan fingerprint density at radius 2 is 1.40 bits per heavy atom. The Morgan fingerprint density at radius 3 is 2.15 bits per heavy atom. The van der Waals surface area contributed by atoms with Gasteiger partial charge in [-0.15, -0.1) is 0 Å². The van der Waals surface area contributed by atoms with Crippen molar-refractivity contribution in [1.82, 2.24) is 15.1 Å². The SMILES string of the molecule is O=C(Nc1cc(C(=O)N2CCNCC2)ccc1N1CCCN(C(=O)c2ccccc2)CC1)OCc1ccccc1. The lowest BCUT2D eigenvalue weighted by molar-refractivity contribution is 0.0734. The van der Waals surface area contributed by atoms with Crippen LogP contribution in [0, 0.1) is 0 Å². The van der Waals surface area contributed by atoms with Crippen molar-refractivity contribution in [2.45, 2.75) is 13.0 Å². The molecule has 0 bridgehead atoms. The van der Waals surface area contributed by atoms with Crippen molar-refractivity contribution < 1.29 is 19.1 Å².